The van der Waals surface area contributed by atoms with Crippen LogP contribution in [0, 0.1) is 5.92 Å². The van der Waals surface area contributed by atoms with E-state index in [0.717, 1.165) is 11.4 Å². The van der Waals surface area contributed by atoms with Crippen molar-refractivity contribution in [3.8, 4) is 0 Å². The van der Waals surface area contributed by atoms with Crippen LogP contribution in [0.1, 0.15) is 18.4 Å². The molecule has 0 atom stereocenters. The van der Waals surface area contributed by atoms with Crippen molar-refractivity contribution in [1.82, 2.24) is 30.2 Å². The Labute approximate surface area is 166 Å². The van der Waals surface area contributed by atoms with Crippen LogP contribution in [0.4, 0.5) is 5.82 Å². The van der Waals surface area contributed by atoms with E-state index in [1.54, 1.807) is 6.07 Å². The largest absolute Gasteiger partial charge is 0.480 e. The number of aliphatic carboxylic acids is 1. The first-order valence-corrected chi connectivity index (χ1v) is 9.45. The van der Waals surface area contributed by atoms with E-state index in [1.165, 1.54) is 9.53 Å². The van der Waals surface area contributed by atoms with Gasteiger partial charge in [-0.15, -0.1) is 14.8 Å². The van der Waals surface area contributed by atoms with Crippen LogP contribution < -0.4 is 4.90 Å². The molecule has 3 heterocycles. The second kappa shape index (κ2) is 8.21. The van der Waals surface area contributed by atoms with E-state index in [-0.39, 0.29) is 18.4 Å². The number of carbonyl (C=O) groups excluding carboxylic acids is 1. The van der Waals surface area contributed by atoms with Gasteiger partial charge in [0.25, 0.3) is 0 Å². The first-order valence-electron chi connectivity index (χ1n) is 9.45. The molecule has 4 rings (SSSR count). The molecule has 1 amide bonds. The van der Waals surface area contributed by atoms with Crippen LogP contribution in [0.3, 0.4) is 0 Å². The minimum Gasteiger partial charge on any atom is -0.480 e. The van der Waals surface area contributed by atoms with Crippen molar-refractivity contribution in [3.05, 3.63) is 48.0 Å². The molecule has 1 aliphatic rings. The van der Waals surface area contributed by atoms with Crippen molar-refractivity contribution in [2.45, 2.75) is 19.4 Å². The molecule has 150 valence electrons. The summed E-state index contributed by atoms with van der Waals surface area (Å²) in [6.07, 6.45) is 1.28. The van der Waals surface area contributed by atoms with Crippen LogP contribution in [0.25, 0.3) is 5.65 Å². The monoisotopic (exact) mass is 395 g/mol. The summed E-state index contributed by atoms with van der Waals surface area (Å²) in [7, 11) is 0. The van der Waals surface area contributed by atoms with E-state index >= 15 is 0 Å². The predicted octanol–water partition coefficient (Wildman–Crippen LogP) is 0.849. The summed E-state index contributed by atoms with van der Waals surface area (Å²) < 4.78 is 1.38. The van der Waals surface area contributed by atoms with Gasteiger partial charge in [-0.1, -0.05) is 30.3 Å². The number of nitrogens with zero attached hydrogens (tertiary/aromatic N) is 7. The highest BCUT2D eigenvalue weighted by atomic mass is 16.4. The van der Waals surface area contributed by atoms with Gasteiger partial charge in [-0.3, -0.25) is 9.59 Å². The van der Waals surface area contributed by atoms with E-state index in [1.807, 2.05) is 36.4 Å². The third-order valence-corrected chi connectivity index (χ3v) is 5.08. The number of rotatable bonds is 6. The van der Waals surface area contributed by atoms with Crippen LogP contribution >= 0.6 is 0 Å². The smallest absolute Gasteiger partial charge is 0.323 e. The number of tetrazole rings is 1. The molecule has 3 aromatic rings. The first-order chi connectivity index (χ1) is 14.1. The molecular weight excluding hydrogens is 374 g/mol. The normalized spacial score (nSPS) is 14.8. The Kier molecular flexibility index (Phi) is 5.32. The lowest BCUT2D eigenvalue weighted by Crippen LogP contribution is -2.44. The number of carboxylic acid groups (broad SMARTS) is 1. The van der Waals surface area contributed by atoms with Gasteiger partial charge in [0.15, 0.2) is 11.5 Å². The quantitative estimate of drug-likeness (QED) is 0.653. The summed E-state index contributed by atoms with van der Waals surface area (Å²) in [5.74, 6) is -0.570. The Hall–Kier alpha value is -3.56. The molecule has 0 saturated carbocycles. The molecule has 10 heteroatoms. The van der Waals surface area contributed by atoms with E-state index < -0.39 is 5.97 Å². The van der Waals surface area contributed by atoms with Gasteiger partial charge in [0.2, 0.25) is 5.91 Å². The summed E-state index contributed by atoms with van der Waals surface area (Å²) in [6.45, 7) is 1.31. The fraction of sp³-hybridized carbons (Fsp3) is 0.368. The lowest BCUT2D eigenvalue weighted by Gasteiger charge is -2.34. The number of aromatic nitrogens is 5. The highest BCUT2D eigenvalue weighted by Gasteiger charge is 2.30. The number of piperidine rings is 1. The van der Waals surface area contributed by atoms with Crippen LogP contribution in [0.2, 0.25) is 0 Å². The number of hydrogen-bond donors (Lipinski definition) is 1. The summed E-state index contributed by atoms with van der Waals surface area (Å²) in [6, 6.07) is 13.1. The van der Waals surface area contributed by atoms with Crippen LogP contribution in [0.15, 0.2) is 42.5 Å². The zero-order valence-corrected chi connectivity index (χ0v) is 15.8. The molecule has 1 fully saturated rings. The molecule has 2 aromatic heterocycles. The molecule has 0 aliphatic carbocycles. The maximum Gasteiger partial charge on any atom is 0.323 e. The summed E-state index contributed by atoms with van der Waals surface area (Å²) in [5.41, 5.74) is 1.49. The van der Waals surface area contributed by atoms with Gasteiger partial charge in [0.1, 0.15) is 6.54 Å². The Morgan fingerprint density at radius 1 is 1.10 bits per heavy atom. The molecule has 0 unspecified atom stereocenters. The summed E-state index contributed by atoms with van der Waals surface area (Å²) in [4.78, 5) is 27.8. The molecule has 0 bridgehead atoms. The number of fused-ring (bicyclic) bond motifs is 1. The fourth-order valence-electron chi connectivity index (χ4n) is 3.60. The van der Waals surface area contributed by atoms with E-state index in [9.17, 15) is 14.7 Å². The van der Waals surface area contributed by atoms with Gasteiger partial charge in [-0.05, 0) is 41.0 Å². The lowest BCUT2D eigenvalue weighted by atomic mass is 9.95. The van der Waals surface area contributed by atoms with Gasteiger partial charge < -0.3 is 14.9 Å². The maximum absolute atomic E-state index is 13.0. The van der Waals surface area contributed by atoms with Gasteiger partial charge in [-0.2, -0.15) is 0 Å². The number of carboxylic acids is 1. The Morgan fingerprint density at radius 2 is 1.86 bits per heavy atom. The molecule has 10 nitrogen and oxygen atoms in total. The Morgan fingerprint density at radius 3 is 2.59 bits per heavy atom. The minimum absolute atomic E-state index is 0.111. The van der Waals surface area contributed by atoms with Gasteiger partial charge in [-0.25, -0.2) is 0 Å². The number of amides is 1. The number of carbonyl (C=O) groups is 2. The van der Waals surface area contributed by atoms with Crippen molar-refractivity contribution in [3.63, 3.8) is 0 Å². The average molecular weight is 395 g/mol. The Bertz CT molecular complexity index is 999. The zero-order valence-electron chi connectivity index (χ0n) is 15.8. The number of benzene rings is 1. The van der Waals surface area contributed by atoms with Gasteiger partial charge in [0.05, 0.1) is 0 Å². The molecule has 0 radical (unpaired) electrons. The molecule has 1 saturated heterocycles. The van der Waals surface area contributed by atoms with Crippen LogP contribution in [0.5, 0.6) is 0 Å². The molecule has 1 aliphatic heterocycles. The Balaban J connectivity index is 1.41. The zero-order chi connectivity index (χ0) is 20.2. The van der Waals surface area contributed by atoms with E-state index in [0.29, 0.717) is 38.1 Å². The first kappa shape index (κ1) is 18.8. The molecule has 1 N–H and O–H groups in total. The van der Waals surface area contributed by atoms with Crippen molar-refractivity contribution in [2.24, 2.45) is 5.92 Å². The van der Waals surface area contributed by atoms with Crippen molar-refractivity contribution in [1.29, 1.82) is 0 Å². The van der Waals surface area contributed by atoms with Crippen LogP contribution in [-0.2, 0) is 16.1 Å². The second-order valence-electron chi connectivity index (χ2n) is 7.05. The summed E-state index contributed by atoms with van der Waals surface area (Å²) in [5, 5.41) is 24.9. The average Bonchev–Trinajstić information content (AvgIpc) is 3.21. The van der Waals surface area contributed by atoms with Crippen LogP contribution in [-0.4, -0.2) is 66.8 Å². The summed E-state index contributed by atoms with van der Waals surface area (Å²) >= 11 is 0. The maximum atomic E-state index is 13.0. The van der Waals surface area contributed by atoms with E-state index in [4.69, 9.17) is 0 Å². The molecule has 0 spiro atoms. The standard InChI is InChI=1S/C19H21N7O3/c27-18(28)13-25(12-14-4-2-1-3-5-14)19(29)15-8-10-24(11-9-15)17-7-6-16-20-22-23-26(16)21-17/h1-7,15H,8-13H2,(H,27,28). The fourth-order valence-corrected chi connectivity index (χ4v) is 3.60. The lowest BCUT2D eigenvalue weighted by molar-refractivity contribution is -0.147. The topological polar surface area (TPSA) is 117 Å². The third-order valence-electron chi connectivity index (χ3n) is 5.08. The third kappa shape index (κ3) is 4.31. The number of anilines is 1. The van der Waals surface area contributed by atoms with Crippen molar-refractivity contribution >= 4 is 23.3 Å². The second-order valence-corrected chi connectivity index (χ2v) is 7.05. The highest BCUT2D eigenvalue weighted by molar-refractivity contribution is 5.83. The van der Waals surface area contributed by atoms with Crippen molar-refractivity contribution in [2.75, 3.05) is 24.5 Å². The van der Waals surface area contributed by atoms with Gasteiger partial charge >= 0.3 is 5.97 Å². The predicted molar refractivity (Wildman–Crippen MR) is 103 cm³/mol. The number of hydrogen-bond acceptors (Lipinski definition) is 7. The minimum atomic E-state index is -1.01. The highest BCUT2D eigenvalue weighted by Crippen LogP contribution is 2.24. The van der Waals surface area contributed by atoms with Crippen molar-refractivity contribution < 1.29 is 14.7 Å². The van der Waals surface area contributed by atoms with E-state index in [2.05, 4.69) is 25.5 Å². The molecular formula is C19H21N7O3. The van der Waals surface area contributed by atoms with Gasteiger partial charge in [0, 0.05) is 25.6 Å². The molecule has 29 heavy (non-hydrogen) atoms. The SMILES string of the molecule is O=C(O)CN(Cc1ccccc1)C(=O)C1CCN(c2ccc3nnnn3n2)CC1. The molecule has 1 aromatic carbocycles.